The number of aromatic amines is 1. The van der Waals surface area contributed by atoms with Gasteiger partial charge in [-0.25, -0.2) is 9.37 Å². The van der Waals surface area contributed by atoms with Crippen LogP contribution in [-0.2, 0) is 4.74 Å². The largest absolute Gasteiger partial charge is 0.497 e. The summed E-state index contributed by atoms with van der Waals surface area (Å²) in [4.78, 5) is 11.1. The molecule has 3 heterocycles. The van der Waals surface area contributed by atoms with E-state index in [1.807, 2.05) is 13.8 Å². The first-order chi connectivity index (χ1) is 14.0. The number of hydrogen-bond donors (Lipinski definition) is 2. The molecule has 0 aliphatic carbocycles. The summed E-state index contributed by atoms with van der Waals surface area (Å²) in [5.41, 5.74) is 0.954. The molecule has 0 saturated carbocycles. The smallest absolute Gasteiger partial charge is 0.153 e. The molecule has 29 heavy (non-hydrogen) atoms. The van der Waals surface area contributed by atoms with Crippen LogP contribution >= 0.6 is 0 Å². The minimum Gasteiger partial charge on any atom is -0.497 e. The number of aromatic nitrogens is 4. The van der Waals surface area contributed by atoms with E-state index >= 15 is 0 Å². The first-order valence-electron chi connectivity index (χ1n) is 9.40. The molecule has 1 aliphatic rings. The quantitative estimate of drug-likeness (QED) is 0.681. The molecule has 0 radical (unpaired) electrons. The Morgan fingerprint density at radius 1 is 1.17 bits per heavy atom. The number of rotatable bonds is 5. The molecule has 1 saturated heterocycles. The summed E-state index contributed by atoms with van der Waals surface area (Å²) in [6, 6.07) is 6.40. The van der Waals surface area contributed by atoms with Gasteiger partial charge >= 0.3 is 0 Å². The van der Waals surface area contributed by atoms with Gasteiger partial charge in [0.2, 0.25) is 0 Å². The van der Waals surface area contributed by atoms with Gasteiger partial charge in [-0.2, -0.15) is 5.10 Å². The summed E-state index contributed by atoms with van der Waals surface area (Å²) in [5, 5.41) is 10.2. The minimum absolute atomic E-state index is 0.130. The number of ether oxygens (including phenoxy) is 2. The summed E-state index contributed by atoms with van der Waals surface area (Å²) < 4.78 is 25.1. The van der Waals surface area contributed by atoms with E-state index in [1.165, 1.54) is 13.2 Å². The molecule has 2 atom stereocenters. The Balaban J connectivity index is 1.51. The molecule has 1 fully saturated rings. The number of anilines is 3. The summed E-state index contributed by atoms with van der Waals surface area (Å²) in [5.74, 6) is 1.92. The molecule has 3 aromatic rings. The molecule has 0 spiro atoms. The summed E-state index contributed by atoms with van der Waals surface area (Å²) in [7, 11) is 1.50. The van der Waals surface area contributed by atoms with Gasteiger partial charge in [-0.15, -0.1) is 0 Å². The van der Waals surface area contributed by atoms with Crippen LogP contribution in [0.15, 0.2) is 36.7 Å². The average Bonchev–Trinajstić information content (AvgIpc) is 3.15. The molecule has 2 unspecified atom stereocenters. The first kappa shape index (κ1) is 19.1. The Kier molecular flexibility index (Phi) is 5.30. The number of nitrogens with one attached hydrogen (secondary N) is 2. The van der Waals surface area contributed by atoms with Crippen LogP contribution in [0.25, 0.3) is 11.3 Å². The first-order valence-corrected chi connectivity index (χ1v) is 9.40. The van der Waals surface area contributed by atoms with E-state index in [9.17, 15) is 4.39 Å². The summed E-state index contributed by atoms with van der Waals surface area (Å²) in [6.45, 7) is 5.60. The number of halogens is 1. The highest BCUT2D eigenvalue weighted by atomic mass is 19.1. The number of H-pyrrole nitrogens is 1. The predicted molar refractivity (Wildman–Crippen MR) is 108 cm³/mol. The fourth-order valence-corrected chi connectivity index (χ4v) is 3.43. The number of morpholine rings is 1. The monoisotopic (exact) mass is 398 g/mol. The fourth-order valence-electron chi connectivity index (χ4n) is 3.43. The van der Waals surface area contributed by atoms with Crippen molar-refractivity contribution in [1.82, 2.24) is 20.2 Å². The van der Waals surface area contributed by atoms with Gasteiger partial charge in [0.05, 0.1) is 37.4 Å². The second-order valence-electron chi connectivity index (χ2n) is 7.06. The van der Waals surface area contributed by atoms with Crippen LogP contribution in [0, 0.1) is 5.82 Å². The molecule has 2 N–H and O–H groups in total. The van der Waals surface area contributed by atoms with Gasteiger partial charge in [-0.05, 0) is 26.0 Å². The molecular formula is C20H23FN6O2. The van der Waals surface area contributed by atoms with Crippen molar-refractivity contribution in [3.8, 4) is 17.0 Å². The number of nitrogens with zero attached hydrogens (tertiary/aromatic N) is 4. The van der Waals surface area contributed by atoms with Gasteiger partial charge in [-0.3, -0.25) is 10.1 Å². The highest BCUT2D eigenvalue weighted by Gasteiger charge is 2.23. The minimum atomic E-state index is -0.392. The zero-order valence-electron chi connectivity index (χ0n) is 16.5. The zero-order chi connectivity index (χ0) is 20.4. The zero-order valence-corrected chi connectivity index (χ0v) is 16.5. The molecule has 9 heteroatoms. The second kappa shape index (κ2) is 8.04. The molecule has 2 aromatic heterocycles. The average molecular weight is 398 g/mol. The number of benzene rings is 1. The standard InChI is InChI=1S/C20H23FN6O2/c1-12-10-27(11-13(2)29-12)20-9-22-8-19(24-20)23-18-7-17(25-26-18)15-5-4-14(28-3)6-16(15)21/h4-9,12-13H,10-11H2,1-3H3,(H2,23,24,25,26). The summed E-state index contributed by atoms with van der Waals surface area (Å²) >= 11 is 0. The number of hydrogen-bond acceptors (Lipinski definition) is 7. The van der Waals surface area contributed by atoms with Crippen LogP contribution in [0.1, 0.15) is 13.8 Å². The van der Waals surface area contributed by atoms with Gasteiger partial charge in [0.1, 0.15) is 17.4 Å². The van der Waals surface area contributed by atoms with Crippen molar-refractivity contribution in [2.24, 2.45) is 0 Å². The Bertz CT molecular complexity index is 985. The van der Waals surface area contributed by atoms with Gasteiger partial charge in [0.25, 0.3) is 0 Å². The highest BCUT2D eigenvalue weighted by Crippen LogP contribution is 2.27. The van der Waals surface area contributed by atoms with Crippen LogP contribution in [-0.4, -0.2) is 52.6 Å². The highest BCUT2D eigenvalue weighted by molar-refractivity contribution is 5.66. The van der Waals surface area contributed by atoms with Crippen LogP contribution in [0.2, 0.25) is 0 Å². The van der Waals surface area contributed by atoms with Crippen molar-refractivity contribution in [3.05, 3.63) is 42.5 Å². The maximum atomic E-state index is 14.3. The van der Waals surface area contributed by atoms with E-state index in [4.69, 9.17) is 9.47 Å². The molecular weight excluding hydrogens is 375 g/mol. The van der Waals surface area contributed by atoms with Gasteiger partial charge < -0.3 is 19.7 Å². The predicted octanol–water partition coefficient (Wildman–Crippen LogP) is 3.37. The molecule has 0 amide bonds. The van der Waals surface area contributed by atoms with E-state index in [-0.39, 0.29) is 12.2 Å². The lowest BCUT2D eigenvalue weighted by Gasteiger charge is -2.35. The molecule has 1 aliphatic heterocycles. The van der Waals surface area contributed by atoms with Gasteiger partial charge in [-0.1, -0.05) is 0 Å². The van der Waals surface area contributed by atoms with E-state index in [1.54, 1.807) is 30.6 Å². The van der Waals surface area contributed by atoms with E-state index in [0.717, 1.165) is 18.9 Å². The second-order valence-corrected chi connectivity index (χ2v) is 7.06. The third-order valence-corrected chi connectivity index (χ3v) is 4.67. The molecule has 152 valence electrons. The van der Waals surface area contributed by atoms with Crippen molar-refractivity contribution in [2.45, 2.75) is 26.1 Å². The van der Waals surface area contributed by atoms with Crippen molar-refractivity contribution in [2.75, 3.05) is 30.4 Å². The third-order valence-electron chi connectivity index (χ3n) is 4.67. The third kappa shape index (κ3) is 4.29. The van der Waals surface area contributed by atoms with E-state index in [2.05, 4.69) is 30.4 Å². The normalized spacial score (nSPS) is 19.2. The van der Waals surface area contributed by atoms with Crippen molar-refractivity contribution < 1.29 is 13.9 Å². The van der Waals surface area contributed by atoms with Crippen molar-refractivity contribution >= 4 is 17.5 Å². The molecule has 0 bridgehead atoms. The van der Waals surface area contributed by atoms with Crippen LogP contribution in [0.4, 0.5) is 21.8 Å². The topological polar surface area (TPSA) is 88.2 Å². The maximum Gasteiger partial charge on any atom is 0.153 e. The SMILES string of the molecule is COc1ccc(-c2cc(Nc3cncc(N4CC(C)OC(C)C4)n3)n[nH]2)c(F)c1. The molecule has 4 rings (SSSR count). The molecule has 8 nitrogen and oxygen atoms in total. The fraction of sp³-hybridized carbons (Fsp3) is 0.350. The number of methoxy groups -OCH3 is 1. The maximum absolute atomic E-state index is 14.3. The molecule has 1 aromatic carbocycles. The van der Waals surface area contributed by atoms with Crippen molar-refractivity contribution in [3.63, 3.8) is 0 Å². The Morgan fingerprint density at radius 2 is 1.97 bits per heavy atom. The lowest BCUT2D eigenvalue weighted by molar-refractivity contribution is -0.00547. The Hall–Kier alpha value is -3.20. The van der Waals surface area contributed by atoms with Crippen LogP contribution in [0.5, 0.6) is 5.75 Å². The lowest BCUT2D eigenvalue weighted by Crippen LogP contribution is -2.45. The summed E-state index contributed by atoms with van der Waals surface area (Å²) in [6.07, 6.45) is 3.62. The lowest BCUT2D eigenvalue weighted by atomic mass is 10.1. The van der Waals surface area contributed by atoms with Crippen LogP contribution < -0.4 is 15.0 Å². The van der Waals surface area contributed by atoms with Crippen LogP contribution in [0.3, 0.4) is 0 Å². The van der Waals surface area contributed by atoms with Crippen molar-refractivity contribution in [1.29, 1.82) is 0 Å². The van der Waals surface area contributed by atoms with E-state index in [0.29, 0.717) is 28.6 Å². The van der Waals surface area contributed by atoms with Gasteiger partial charge in [0.15, 0.2) is 11.6 Å². The van der Waals surface area contributed by atoms with E-state index < -0.39 is 5.82 Å². The Morgan fingerprint density at radius 3 is 2.69 bits per heavy atom. The Labute approximate surface area is 168 Å². The van der Waals surface area contributed by atoms with Gasteiger partial charge in [0, 0.05) is 30.8 Å².